The molecule has 14 heavy (non-hydrogen) atoms. The Morgan fingerprint density at radius 1 is 0.857 bits per heavy atom. The van der Waals surface area contributed by atoms with Crippen LogP contribution in [-0.2, 0) is 16.8 Å². The minimum Gasteiger partial charge on any atom is -0.748 e. The van der Waals surface area contributed by atoms with Crippen molar-refractivity contribution < 1.29 is 16.8 Å². The van der Waals surface area contributed by atoms with Crippen LogP contribution < -0.4 is 5.30 Å². The fourth-order valence-electron chi connectivity index (χ4n) is 0.983. The first-order chi connectivity index (χ1) is 6.30. The Hall–Kier alpha value is -0.364. The average Bonchev–Trinajstić information content (AvgIpc) is 2.82. The van der Waals surface area contributed by atoms with Crippen molar-refractivity contribution in [1.82, 2.24) is 0 Å². The normalized spacial score (nSPS) is 8.79. The van der Waals surface area contributed by atoms with Crippen molar-refractivity contribution in [3.8, 4) is 0 Å². The Balaban J connectivity index is 0.000000246. The second-order valence-corrected chi connectivity index (χ2v) is 5.31. The first-order valence-corrected chi connectivity index (χ1v) is 6.60. The Bertz CT molecular complexity index is 265. The number of hydrogen-bond donors (Lipinski definition) is 0. The van der Waals surface area contributed by atoms with E-state index in [1.54, 1.807) is 0 Å². The zero-order chi connectivity index (χ0) is 9.52. The molecule has 2 aromatic carbocycles. The van der Waals surface area contributed by atoms with Crippen LogP contribution in [0.25, 0.3) is 0 Å². The van der Waals surface area contributed by atoms with E-state index in [1.165, 1.54) is 5.30 Å². The summed E-state index contributed by atoms with van der Waals surface area (Å²) in [7, 11) is 0.141. The third kappa shape index (κ3) is 5.38. The largest absolute Gasteiger partial charge is 0.748 e. The summed E-state index contributed by atoms with van der Waals surface area (Å²) in [4.78, 5) is 0. The summed E-state index contributed by atoms with van der Waals surface area (Å²) >= 11 is 0. The smallest absolute Gasteiger partial charge is 0 e. The van der Waals surface area contributed by atoms with Gasteiger partial charge in [0.2, 0.25) is 0 Å². The van der Waals surface area contributed by atoms with Crippen molar-refractivity contribution in [2.45, 2.75) is 0 Å². The monoisotopic (exact) mass is 249 g/mol. The molecule has 0 saturated carbocycles. The Morgan fingerprint density at radius 3 is 1.43 bits per heavy atom. The molecule has 0 amide bonds. The van der Waals surface area contributed by atoms with Crippen LogP contribution >= 0.6 is 7.92 Å². The molecule has 0 heterocycles. The molecule has 0 nitrogen and oxygen atoms in total. The van der Waals surface area contributed by atoms with Gasteiger partial charge in [-0.05, 0) is 0 Å². The van der Waals surface area contributed by atoms with Crippen molar-refractivity contribution in [3.05, 3.63) is 54.6 Å². The predicted octanol–water partition coefficient (Wildman–Crippen LogP) is 3.18. The minimum atomic E-state index is 0. The number of hydrogen-bond acceptors (Lipinski definition) is 0. The molecular formula is C12H15CoP-6. The molecule has 0 aromatic heterocycles. The van der Waals surface area contributed by atoms with Gasteiger partial charge in [-0.15, -0.1) is 13.2 Å². The van der Waals surface area contributed by atoms with Crippen LogP contribution in [0.2, 0.25) is 0 Å². The van der Waals surface area contributed by atoms with Gasteiger partial charge in [-0.2, -0.15) is 12.1 Å². The predicted molar refractivity (Wildman–Crippen MR) is 62.5 cm³/mol. The maximum absolute atomic E-state index is 2.27. The summed E-state index contributed by atoms with van der Waals surface area (Å²) in [6.07, 6.45) is 0. The SMILES string of the molecule is CP(C)[c-]1cccc1.[Co].[cH-]1[cH-][cH-][cH-][cH-]1. The van der Waals surface area contributed by atoms with E-state index in [0.29, 0.717) is 0 Å². The first kappa shape index (κ1) is 13.6. The Morgan fingerprint density at radius 2 is 1.21 bits per heavy atom. The molecule has 2 rings (SSSR count). The molecule has 0 fully saturated rings. The van der Waals surface area contributed by atoms with Gasteiger partial charge >= 0.3 is 0 Å². The Labute approximate surface area is 98.0 Å². The van der Waals surface area contributed by atoms with Gasteiger partial charge in [-0.3, -0.25) is 0 Å². The number of rotatable bonds is 1. The van der Waals surface area contributed by atoms with E-state index in [0.717, 1.165) is 0 Å². The molecule has 0 aliphatic rings. The molecule has 0 aliphatic heterocycles. The van der Waals surface area contributed by atoms with Crippen molar-refractivity contribution in [2.24, 2.45) is 0 Å². The molecule has 0 spiro atoms. The van der Waals surface area contributed by atoms with E-state index in [9.17, 15) is 0 Å². The summed E-state index contributed by atoms with van der Waals surface area (Å²) in [6.45, 7) is 4.54. The standard InChI is InChI=1S/C7H10P.C5H5.Co/c1-8(2)7-5-3-4-6-7;1-2-4-5-3-1;/h3-6H,1-2H3;1-5H;/q-1;-5;. The van der Waals surface area contributed by atoms with E-state index in [4.69, 9.17) is 0 Å². The molecule has 0 atom stereocenters. The fraction of sp³-hybridized carbons (Fsp3) is 0.167. The van der Waals surface area contributed by atoms with Crippen LogP contribution in [0.4, 0.5) is 0 Å². The topological polar surface area (TPSA) is 0 Å². The molecule has 0 aliphatic carbocycles. The molecule has 2 heteroatoms. The molecule has 0 N–H and O–H groups in total. The third-order valence-electron chi connectivity index (χ3n) is 1.72. The van der Waals surface area contributed by atoms with Crippen molar-refractivity contribution >= 4 is 13.2 Å². The van der Waals surface area contributed by atoms with Crippen molar-refractivity contribution in [3.63, 3.8) is 0 Å². The van der Waals surface area contributed by atoms with Crippen LogP contribution in [0.15, 0.2) is 54.6 Å². The van der Waals surface area contributed by atoms with Crippen LogP contribution in [0.3, 0.4) is 0 Å². The molecule has 0 unspecified atom stereocenters. The molecule has 1 radical (unpaired) electrons. The second-order valence-electron chi connectivity index (χ2n) is 3.00. The van der Waals surface area contributed by atoms with E-state index in [1.807, 2.05) is 30.3 Å². The summed E-state index contributed by atoms with van der Waals surface area (Å²) in [5, 5.41) is 1.50. The summed E-state index contributed by atoms with van der Waals surface area (Å²) in [6, 6.07) is 18.6. The van der Waals surface area contributed by atoms with Crippen LogP contribution in [0.5, 0.6) is 0 Å². The third-order valence-corrected chi connectivity index (χ3v) is 3.05. The fourth-order valence-corrected chi connectivity index (χ4v) is 1.75. The van der Waals surface area contributed by atoms with Crippen LogP contribution in [0, 0.1) is 0 Å². The quantitative estimate of drug-likeness (QED) is 0.538. The van der Waals surface area contributed by atoms with Crippen molar-refractivity contribution in [1.29, 1.82) is 0 Å². The van der Waals surface area contributed by atoms with Crippen LogP contribution in [-0.4, -0.2) is 13.3 Å². The minimum absolute atomic E-state index is 0. The Kier molecular flexibility index (Phi) is 7.78. The van der Waals surface area contributed by atoms with Crippen molar-refractivity contribution in [2.75, 3.05) is 13.3 Å². The first-order valence-electron chi connectivity index (χ1n) is 4.36. The molecule has 0 bridgehead atoms. The summed E-state index contributed by atoms with van der Waals surface area (Å²) in [5.41, 5.74) is 0. The zero-order valence-corrected chi connectivity index (χ0v) is 10.4. The van der Waals surface area contributed by atoms with Gasteiger partial charge in [0, 0.05) is 16.8 Å². The zero-order valence-electron chi connectivity index (χ0n) is 8.48. The van der Waals surface area contributed by atoms with Crippen LogP contribution in [0.1, 0.15) is 0 Å². The summed E-state index contributed by atoms with van der Waals surface area (Å²) < 4.78 is 0. The van der Waals surface area contributed by atoms with Gasteiger partial charge in [0.05, 0.1) is 0 Å². The van der Waals surface area contributed by atoms with E-state index >= 15 is 0 Å². The van der Waals surface area contributed by atoms with E-state index in [2.05, 4.69) is 37.6 Å². The molecular weight excluding hydrogens is 234 g/mol. The van der Waals surface area contributed by atoms with Gasteiger partial charge in [0.1, 0.15) is 0 Å². The van der Waals surface area contributed by atoms with Gasteiger partial charge < -0.3 is 30.3 Å². The van der Waals surface area contributed by atoms with Gasteiger partial charge in [-0.1, -0.05) is 13.3 Å². The average molecular weight is 249 g/mol. The second kappa shape index (κ2) is 7.99. The summed E-state index contributed by atoms with van der Waals surface area (Å²) in [5.74, 6) is 0. The van der Waals surface area contributed by atoms with Gasteiger partial charge in [-0.25, -0.2) is 12.1 Å². The van der Waals surface area contributed by atoms with Gasteiger partial charge in [0.15, 0.2) is 0 Å². The molecule has 0 saturated heterocycles. The van der Waals surface area contributed by atoms with E-state index in [-0.39, 0.29) is 24.7 Å². The maximum atomic E-state index is 2.27. The molecule has 83 valence electrons. The maximum Gasteiger partial charge on any atom is 0 e. The van der Waals surface area contributed by atoms with E-state index < -0.39 is 0 Å². The van der Waals surface area contributed by atoms with Gasteiger partial charge in [0.25, 0.3) is 0 Å². The molecule has 2 aromatic rings.